The normalized spacial score (nSPS) is 16.3. The van der Waals surface area contributed by atoms with Crippen LogP contribution in [0.4, 0.5) is 0 Å². The third-order valence-corrected chi connectivity index (χ3v) is 6.30. The van der Waals surface area contributed by atoms with Gasteiger partial charge in [-0.2, -0.15) is 0 Å². The van der Waals surface area contributed by atoms with Crippen LogP contribution in [0.5, 0.6) is 0 Å². The number of Topliss-reactive ketones (excluding diaryl/α,β-unsaturated/α-hetero) is 1. The Morgan fingerprint density at radius 1 is 0.767 bits per heavy atom. The third kappa shape index (κ3) is 3.31. The molecule has 2 aromatic carbocycles. The molecule has 0 saturated carbocycles. The lowest BCUT2D eigenvalue weighted by molar-refractivity contribution is -0.110. The predicted octanol–water partition coefficient (Wildman–Crippen LogP) is 7.41. The number of aryl methyl sites for hydroxylation is 1. The van der Waals surface area contributed by atoms with Crippen molar-refractivity contribution in [1.29, 1.82) is 0 Å². The highest BCUT2D eigenvalue weighted by Gasteiger charge is 2.36. The number of allylic oxidation sites excluding steroid dienone is 5. The Morgan fingerprint density at radius 2 is 1.47 bits per heavy atom. The average Bonchev–Trinajstić information content (AvgIpc) is 3.05. The zero-order valence-corrected chi connectivity index (χ0v) is 19.3. The van der Waals surface area contributed by atoms with Gasteiger partial charge in [-0.1, -0.05) is 84.9 Å². The van der Waals surface area contributed by atoms with Crippen LogP contribution in [0, 0.1) is 5.41 Å². The van der Waals surface area contributed by atoms with Gasteiger partial charge in [0, 0.05) is 11.1 Å². The summed E-state index contributed by atoms with van der Waals surface area (Å²) >= 11 is 0. The molecule has 2 aliphatic carbocycles. The van der Waals surface area contributed by atoms with Crippen LogP contribution in [-0.2, 0) is 16.6 Å². The molecule has 154 valence electrons. The summed E-state index contributed by atoms with van der Waals surface area (Å²) in [5.74, 6) is 0.159. The molecule has 0 atom stereocenters. The maximum atomic E-state index is 13.9. The standard InChI is InChI=1S/C29H32O/c1-8-18-11-9-10-12-21(18)26-25(29(5,6)7)17-23-22-16-20(28(2,3)4)14-13-19(22)15-24(23)27(26)30/h9-17H,8H2,1-7H3. The van der Waals surface area contributed by atoms with E-state index in [1.54, 1.807) is 0 Å². The lowest BCUT2D eigenvalue weighted by Gasteiger charge is -2.30. The Balaban J connectivity index is 1.98. The summed E-state index contributed by atoms with van der Waals surface area (Å²) in [7, 11) is 0. The van der Waals surface area contributed by atoms with Crippen LogP contribution in [-0.4, -0.2) is 5.78 Å². The highest BCUT2D eigenvalue weighted by molar-refractivity contribution is 6.39. The first-order chi connectivity index (χ1) is 14.0. The number of benzene rings is 2. The van der Waals surface area contributed by atoms with Gasteiger partial charge in [0.25, 0.3) is 0 Å². The van der Waals surface area contributed by atoms with E-state index in [2.05, 4.69) is 97.0 Å². The molecule has 0 aliphatic heterocycles. The van der Waals surface area contributed by atoms with Gasteiger partial charge in [0.1, 0.15) is 0 Å². The van der Waals surface area contributed by atoms with Gasteiger partial charge >= 0.3 is 0 Å². The van der Waals surface area contributed by atoms with E-state index in [0.29, 0.717) is 0 Å². The molecule has 0 unspecified atom stereocenters. The molecule has 0 fully saturated rings. The van der Waals surface area contributed by atoms with E-state index < -0.39 is 0 Å². The summed E-state index contributed by atoms with van der Waals surface area (Å²) in [6.45, 7) is 15.5. The van der Waals surface area contributed by atoms with Crippen LogP contribution < -0.4 is 0 Å². The summed E-state index contributed by atoms with van der Waals surface area (Å²) in [6, 6.07) is 15.0. The van der Waals surface area contributed by atoms with Crippen LogP contribution in [0.25, 0.3) is 17.2 Å². The average molecular weight is 397 g/mol. The zero-order valence-electron chi connectivity index (χ0n) is 19.3. The minimum absolute atomic E-state index is 0.0743. The van der Waals surface area contributed by atoms with Gasteiger partial charge in [0.2, 0.25) is 0 Å². The molecule has 0 aromatic heterocycles. The molecule has 0 spiro atoms. The van der Waals surface area contributed by atoms with Crippen molar-refractivity contribution >= 4 is 23.0 Å². The molecule has 0 saturated heterocycles. The van der Waals surface area contributed by atoms with Crippen molar-refractivity contribution in [2.24, 2.45) is 5.41 Å². The summed E-state index contributed by atoms with van der Waals surface area (Å²) < 4.78 is 0. The van der Waals surface area contributed by atoms with Crippen molar-refractivity contribution in [2.45, 2.75) is 60.3 Å². The number of carbonyl (C=O) groups excluding carboxylic acids is 1. The molecule has 4 rings (SSSR count). The number of hydrogen-bond donors (Lipinski definition) is 0. The summed E-state index contributed by atoms with van der Waals surface area (Å²) in [4.78, 5) is 13.9. The van der Waals surface area contributed by atoms with Gasteiger partial charge in [-0.3, -0.25) is 4.79 Å². The molecule has 2 aromatic rings. The van der Waals surface area contributed by atoms with E-state index in [1.165, 1.54) is 16.7 Å². The Hall–Kier alpha value is -2.67. The molecule has 0 radical (unpaired) electrons. The van der Waals surface area contributed by atoms with E-state index in [0.717, 1.165) is 39.8 Å². The predicted molar refractivity (Wildman–Crippen MR) is 128 cm³/mol. The van der Waals surface area contributed by atoms with Crippen molar-refractivity contribution in [3.05, 3.63) is 87.5 Å². The minimum Gasteiger partial charge on any atom is -0.289 e. The smallest absolute Gasteiger partial charge is 0.194 e. The van der Waals surface area contributed by atoms with Crippen LogP contribution in [0.1, 0.15) is 76.3 Å². The Bertz CT molecular complexity index is 1140. The van der Waals surface area contributed by atoms with Crippen LogP contribution in [0.3, 0.4) is 0 Å². The maximum absolute atomic E-state index is 13.9. The van der Waals surface area contributed by atoms with E-state index in [9.17, 15) is 4.79 Å². The van der Waals surface area contributed by atoms with Crippen molar-refractivity contribution in [3.8, 4) is 0 Å². The van der Waals surface area contributed by atoms with Gasteiger partial charge < -0.3 is 0 Å². The molecule has 0 heterocycles. The van der Waals surface area contributed by atoms with Gasteiger partial charge in [0.05, 0.1) is 0 Å². The van der Waals surface area contributed by atoms with Crippen molar-refractivity contribution in [1.82, 2.24) is 0 Å². The SMILES string of the molecule is CCc1ccccc1C1=C(C(C)(C)C)C=C2C(=Cc3ccc(C(C)(C)C)cc32)C1=O. The largest absolute Gasteiger partial charge is 0.289 e. The van der Waals surface area contributed by atoms with Crippen LogP contribution >= 0.6 is 0 Å². The first-order valence-corrected chi connectivity index (χ1v) is 11.0. The fourth-order valence-corrected chi connectivity index (χ4v) is 4.51. The van der Waals surface area contributed by atoms with Gasteiger partial charge in [-0.25, -0.2) is 0 Å². The van der Waals surface area contributed by atoms with Crippen LogP contribution in [0.15, 0.2) is 59.7 Å². The van der Waals surface area contributed by atoms with E-state index in [4.69, 9.17) is 0 Å². The lowest BCUT2D eigenvalue weighted by Crippen LogP contribution is -2.20. The van der Waals surface area contributed by atoms with Crippen molar-refractivity contribution in [2.75, 3.05) is 0 Å². The topological polar surface area (TPSA) is 17.1 Å². The van der Waals surface area contributed by atoms with Gasteiger partial charge in [-0.15, -0.1) is 0 Å². The molecular weight excluding hydrogens is 364 g/mol. The van der Waals surface area contributed by atoms with Crippen molar-refractivity contribution < 1.29 is 4.79 Å². The van der Waals surface area contributed by atoms with E-state index >= 15 is 0 Å². The highest BCUT2D eigenvalue weighted by atomic mass is 16.1. The molecule has 1 nitrogen and oxygen atoms in total. The number of ketones is 1. The maximum Gasteiger partial charge on any atom is 0.194 e. The summed E-state index contributed by atoms with van der Waals surface area (Å²) in [5, 5.41) is 0. The number of hydrogen-bond acceptors (Lipinski definition) is 1. The quantitative estimate of drug-likeness (QED) is 0.516. The number of fused-ring (bicyclic) bond motifs is 3. The Labute approximate surface area is 181 Å². The minimum atomic E-state index is -0.130. The summed E-state index contributed by atoms with van der Waals surface area (Å²) in [5.41, 5.74) is 9.82. The van der Waals surface area contributed by atoms with Gasteiger partial charge in [0.15, 0.2) is 5.78 Å². The Morgan fingerprint density at radius 3 is 2.10 bits per heavy atom. The number of carbonyl (C=O) groups is 1. The van der Waals surface area contributed by atoms with E-state index in [1.807, 2.05) is 6.07 Å². The monoisotopic (exact) mass is 396 g/mol. The second kappa shape index (κ2) is 6.94. The highest BCUT2D eigenvalue weighted by Crippen LogP contribution is 2.48. The zero-order chi connectivity index (χ0) is 21.8. The molecule has 30 heavy (non-hydrogen) atoms. The van der Waals surface area contributed by atoms with Crippen molar-refractivity contribution in [3.63, 3.8) is 0 Å². The summed E-state index contributed by atoms with van der Waals surface area (Å²) in [6.07, 6.45) is 5.28. The third-order valence-electron chi connectivity index (χ3n) is 6.30. The molecule has 0 bridgehead atoms. The molecule has 0 N–H and O–H groups in total. The van der Waals surface area contributed by atoms with E-state index in [-0.39, 0.29) is 16.6 Å². The van der Waals surface area contributed by atoms with Gasteiger partial charge in [-0.05, 0) is 74.4 Å². The Kier molecular flexibility index (Phi) is 4.77. The molecule has 2 aliphatic rings. The number of rotatable bonds is 2. The molecule has 0 amide bonds. The fourth-order valence-electron chi connectivity index (χ4n) is 4.51. The fraction of sp³-hybridized carbons (Fsp3) is 0.345. The second-order valence-corrected chi connectivity index (χ2v) is 10.5. The van der Waals surface area contributed by atoms with Crippen LogP contribution in [0.2, 0.25) is 0 Å². The lowest BCUT2D eigenvalue weighted by atomic mass is 9.73. The first kappa shape index (κ1) is 20.6. The second-order valence-electron chi connectivity index (χ2n) is 10.5. The molecule has 1 heteroatoms. The first-order valence-electron chi connectivity index (χ1n) is 11.0. The molecular formula is C29H32O.